The molecule has 7 nitrogen and oxygen atoms in total. The minimum Gasteiger partial charge on any atom is -0.463 e. The molecule has 25 heavy (non-hydrogen) atoms. The van der Waals surface area contributed by atoms with Gasteiger partial charge in [-0.05, 0) is 45.7 Å². The Morgan fingerprint density at radius 2 is 1.92 bits per heavy atom. The first-order chi connectivity index (χ1) is 11.7. The fraction of sp³-hybridized carbons (Fsp3) is 0.500. The molecule has 1 aromatic rings. The molecule has 1 aromatic carbocycles. The molecule has 1 aliphatic heterocycles. The third-order valence-corrected chi connectivity index (χ3v) is 3.55. The molecule has 0 saturated heterocycles. The fourth-order valence-electron chi connectivity index (χ4n) is 2.61. The van der Waals surface area contributed by atoms with E-state index in [0.29, 0.717) is 12.1 Å². The van der Waals surface area contributed by atoms with Crippen molar-refractivity contribution < 1.29 is 23.9 Å². The summed E-state index contributed by atoms with van der Waals surface area (Å²) in [5.74, 6) is -0.966. The van der Waals surface area contributed by atoms with Gasteiger partial charge in [-0.25, -0.2) is 9.59 Å². The van der Waals surface area contributed by atoms with Crippen molar-refractivity contribution in [1.29, 1.82) is 0 Å². The third kappa shape index (κ3) is 4.71. The molecular weight excluding hydrogens is 324 g/mol. The SMILES string of the molecule is CCOC(=O)C(NC(=O)OC(C)(C)C)N1C(=O)CCc2ccccc21. The molecule has 2 rings (SSSR count). The van der Waals surface area contributed by atoms with Crippen molar-refractivity contribution in [3.05, 3.63) is 29.8 Å². The van der Waals surface area contributed by atoms with E-state index in [-0.39, 0.29) is 18.9 Å². The summed E-state index contributed by atoms with van der Waals surface area (Å²) in [5.41, 5.74) is 0.794. The third-order valence-electron chi connectivity index (χ3n) is 3.55. The molecule has 1 N–H and O–H groups in total. The second-order valence-corrected chi connectivity index (χ2v) is 6.69. The number of nitrogens with zero attached hydrogens (tertiary/aromatic N) is 1. The number of hydrogen-bond donors (Lipinski definition) is 1. The number of alkyl carbamates (subject to hydrolysis) is 1. The standard InChI is InChI=1S/C18H24N2O5/c1-5-24-16(22)15(19-17(23)25-18(2,3)4)20-13-9-7-6-8-12(13)10-11-14(20)21/h6-9,15H,5,10-11H2,1-4H3,(H,19,23). The summed E-state index contributed by atoms with van der Waals surface area (Å²) >= 11 is 0. The summed E-state index contributed by atoms with van der Waals surface area (Å²) in [5, 5.41) is 2.47. The van der Waals surface area contributed by atoms with Crippen molar-refractivity contribution in [3.8, 4) is 0 Å². The zero-order valence-electron chi connectivity index (χ0n) is 15.0. The predicted octanol–water partition coefficient (Wildman–Crippen LogP) is 2.38. The van der Waals surface area contributed by atoms with Crippen LogP contribution in [0.5, 0.6) is 0 Å². The summed E-state index contributed by atoms with van der Waals surface area (Å²) in [4.78, 5) is 38.4. The van der Waals surface area contributed by atoms with Gasteiger partial charge in [0.1, 0.15) is 5.60 Å². The van der Waals surface area contributed by atoms with E-state index in [1.165, 1.54) is 4.90 Å². The maximum atomic E-state index is 12.5. The van der Waals surface area contributed by atoms with Crippen molar-refractivity contribution in [2.45, 2.75) is 52.3 Å². The molecule has 1 atom stereocenters. The first kappa shape index (κ1) is 18.8. The summed E-state index contributed by atoms with van der Waals surface area (Å²) in [6, 6.07) is 7.29. The van der Waals surface area contributed by atoms with Crippen LogP contribution < -0.4 is 10.2 Å². The van der Waals surface area contributed by atoms with Crippen LogP contribution in [0.25, 0.3) is 0 Å². The lowest BCUT2D eigenvalue weighted by molar-refractivity contribution is -0.146. The van der Waals surface area contributed by atoms with Crippen LogP contribution in [0.1, 0.15) is 39.7 Å². The smallest absolute Gasteiger partial charge is 0.409 e. The highest BCUT2D eigenvalue weighted by molar-refractivity contribution is 6.02. The molecule has 1 aliphatic rings. The molecule has 2 amide bonds. The quantitative estimate of drug-likeness (QED) is 0.845. The lowest BCUT2D eigenvalue weighted by Gasteiger charge is -2.35. The topological polar surface area (TPSA) is 84.9 Å². The van der Waals surface area contributed by atoms with Gasteiger partial charge in [-0.3, -0.25) is 15.0 Å². The zero-order valence-corrected chi connectivity index (χ0v) is 15.0. The van der Waals surface area contributed by atoms with Gasteiger partial charge in [-0.15, -0.1) is 0 Å². The lowest BCUT2D eigenvalue weighted by Crippen LogP contribution is -2.58. The van der Waals surface area contributed by atoms with Crippen LogP contribution in [0.3, 0.4) is 0 Å². The minimum absolute atomic E-state index is 0.134. The second kappa shape index (κ2) is 7.55. The molecule has 1 unspecified atom stereocenters. The first-order valence-corrected chi connectivity index (χ1v) is 8.29. The van der Waals surface area contributed by atoms with Crippen molar-refractivity contribution in [1.82, 2.24) is 5.32 Å². The molecule has 1 heterocycles. The minimum atomic E-state index is -1.27. The maximum Gasteiger partial charge on any atom is 0.409 e. The Kier molecular flexibility index (Phi) is 5.66. The van der Waals surface area contributed by atoms with E-state index in [4.69, 9.17) is 9.47 Å². The zero-order chi connectivity index (χ0) is 18.6. The Morgan fingerprint density at radius 1 is 1.24 bits per heavy atom. The van der Waals surface area contributed by atoms with Crippen molar-refractivity contribution in [2.24, 2.45) is 0 Å². The van der Waals surface area contributed by atoms with Gasteiger partial charge >= 0.3 is 12.1 Å². The molecule has 0 aromatic heterocycles. The van der Waals surface area contributed by atoms with E-state index in [1.807, 2.05) is 12.1 Å². The van der Waals surface area contributed by atoms with Gasteiger partial charge < -0.3 is 9.47 Å². The number of carbonyl (C=O) groups excluding carboxylic acids is 3. The summed E-state index contributed by atoms with van der Waals surface area (Å²) < 4.78 is 10.3. The molecule has 7 heteroatoms. The highest BCUT2D eigenvalue weighted by Gasteiger charge is 2.37. The molecule has 0 saturated carbocycles. The molecule has 0 aliphatic carbocycles. The number of carbonyl (C=O) groups is 3. The number of esters is 1. The number of benzene rings is 1. The molecular formula is C18H24N2O5. The number of rotatable bonds is 4. The van der Waals surface area contributed by atoms with Gasteiger partial charge in [-0.1, -0.05) is 18.2 Å². The Hall–Kier alpha value is -2.57. The van der Waals surface area contributed by atoms with Crippen LogP contribution in [0.4, 0.5) is 10.5 Å². The molecule has 0 fully saturated rings. The summed E-state index contributed by atoms with van der Waals surface area (Å²) in [6.07, 6.45) is -1.22. The molecule has 0 bridgehead atoms. The lowest BCUT2D eigenvalue weighted by atomic mass is 10.0. The number of hydrogen-bond acceptors (Lipinski definition) is 5. The van der Waals surface area contributed by atoms with E-state index in [0.717, 1.165) is 5.56 Å². The van der Waals surface area contributed by atoms with Crippen LogP contribution >= 0.6 is 0 Å². The van der Waals surface area contributed by atoms with Crippen LogP contribution in [0.15, 0.2) is 24.3 Å². The van der Waals surface area contributed by atoms with Gasteiger partial charge in [0, 0.05) is 12.1 Å². The van der Waals surface area contributed by atoms with Crippen LogP contribution in [-0.4, -0.2) is 36.3 Å². The van der Waals surface area contributed by atoms with Crippen molar-refractivity contribution >= 4 is 23.7 Å². The Bertz CT molecular complexity index is 666. The second-order valence-electron chi connectivity index (χ2n) is 6.69. The average molecular weight is 348 g/mol. The maximum absolute atomic E-state index is 12.5. The first-order valence-electron chi connectivity index (χ1n) is 8.29. The number of aryl methyl sites for hydroxylation is 1. The number of ether oxygens (including phenoxy) is 2. The van der Waals surface area contributed by atoms with Gasteiger partial charge in [0.15, 0.2) is 0 Å². The van der Waals surface area contributed by atoms with E-state index < -0.39 is 23.8 Å². The normalized spacial score (nSPS) is 15.2. The highest BCUT2D eigenvalue weighted by atomic mass is 16.6. The van der Waals surface area contributed by atoms with Gasteiger partial charge in [0.25, 0.3) is 0 Å². The van der Waals surface area contributed by atoms with E-state index in [1.54, 1.807) is 39.8 Å². The van der Waals surface area contributed by atoms with Crippen LogP contribution in [0, 0.1) is 0 Å². The summed E-state index contributed by atoms with van der Waals surface area (Å²) in [7, 11) is 0. The van der Waals surface area contributed by atoms with E-state index in [2.05, 4.69) is 5.32 Å². The Balaban J connectivity index is 2.33. The molecule has 0 spiro atoms. The number of nitrogens with one attached hydrogen (secondary N) is 1. The molecule has 136 valence electrons. The van der Waals surface area contributed by atoms with Gasteiger partial charge in [0.2, 0.25) is 12.1 Å². The largest absolute Gasteiger partial charge is 0.463 e. The molecule has 0 radical (unpaired) electrons. The number of para-hydroxylation sites is 1. The van der Waals surface area contributed by atoms with E-state index in [9.17, 15) is 14.4 Å². The monoisotopic (exact) mass is 348 g/mol. The predicted molar refractivity (Wildman–Crippen MR) is 92.0 cm³/mol. The van der Waals surface area contributed by atoms with Crippen molar-refractivity contribution in [3.63, 3.8) is 0 Å². The number of amides is 2. The fourth-order valence-corrected chi connectivity index (χ4v) is 2.61. The Morgan fingerprint density at radius 3 is 2.56 bits per heavy atom. The number of fused-ring (bicyclic) bond motifs is 1. The highest BCUT2D eigenvalue weighted by Crippen LogP contribution is 2.29. The van der Waals surface area contributed by atoms with Gasteiger partial charge in [0.05, 0.1) is 6.61 Å². The van der Waals surface area contributed by atoms with E-state index >= 15 is 0 Å². The van der Waals surface area contributed by atoms with Gasteiger partial charge in [-0.2, -0.15) is 0 Å². The van der Waals surface area contributed by atoms with Crippen LogP contribution in [-0.2, 0) is 25.5 Å². The van der Waals surface area contributed by atoms with Crippen LogP contribution in [0.2, 0.25) is 0 Å². The summed E-state index contributed by atoms with van der Waals surface area (Å²) in [6.45, 7) is 6.94. The number of anilines is 1. The van der Waals surface area contributed by atoms with Crippen molar-refractivity contribution in [2.75, 3.05) is 11.5 Å². The average Bonchev–Trinajstić information content (AvgIpc) is 2.51. The Labute approximate surface area is 147 Å².